The fourth-order valence-electron chi connectivity index (χ4n) is 1.64. The molecule has 0 aliphatic rings. The van der Waals surface area contributed by atoms with Gasteiger partial charge in [-0.25, -0.2) is 0 Å². The van der Waals surface area contributed by atoms with Gasteiger partial charge in [0.2, 0.25) is 0 Å². The summed E-state index contributed by atoms with van der Waals surface area (Å²) in [4.78, 5) is 19.6. The summed E-state index contributed by atoms with van der Waals surface area (Å²) in [5.74, 6) is -0.00426. The standard InChI is InChI=1S/C11H13N3O2.CH2O2/c1-3-16-10-5-9-7(6-14(2)13-9)4-8(10)11(12)15;2-1-3/h4-6H,3H2,1-2H3,(H2,12,15);1H,(H,2,3). The van der Waals surface area contributed by atoms with Crippen molar-refractivity contribution in [3.63, 3.8) is 0 Å². The number of aromatic nitrogens is 2. The van der Waals surface area contributed by atoms with Gasteiger partial charge in [-0.15, -0.1) is 0 Å². The number of primary amides is 1. The van der Waals surface area contributed by atoms with E-state index in [2.05, 4.69) is 5.10 Å². The smallest absolute Gasteiger partial charge is 0.290 e. The van der Waals surface area contributed by atoms with Crippen LogP contribution in [0.25, 0.3) is 10.9 Å². The lowest BCUT2D eigenvalue weighted by Gasteiger charge is -2.06. The zero-order valence-corrected chi connectivity index (χ0v) is 10.7. The Morgan fingerprint density at radius 3 is 2.74 bits per heavy atom. The van der Waals surface area contributed by atoms with Crippen LogP contribution in [0, 0.1) is 0 Å². The maximum absolute atomic E-state index is 11.3. The molecule has 0 radical (unpaired) electrons. The molecule has 102 valence electrons. The molecule has 0 aliphatic heterocycles. The van der Waals surface area contributed by atoms with Crippen LogP contribution in [0.1, 0.15) is 17.3 Å². The van der Waals surface area contributed by atoms with Crippen molar-refractivity contribution in [2.24, 2.45) is 12.8 Å². The second-order valence-corrected chi connectivity index (χ2v) is 3.61. The Balaban J connectivity index is 0.000000550. The lowest BCUT2D eigenvalue weighted by Crippen LogP contribution is -2.13. The van der Waals surface area contributed by atoms with Gasteiger partial charge in [0, 0.05) is 24.7 Å². The fourth-order valence-corrected chi connectivity index (χ4v) is 1.64. The molecule has 0 bridgehead atoms. The normalized spacial score (nSPS) is 9.58. The third-order valence-corrected chi connectivity index (χ3v) is 2.29. The van der Waals surface area contributed by atoms with Gasteiger partial charge in [-0.2, -0.15) is 5.10 Å². The van der Waals surface area contributed by atoms with Gasteiger partial charge < -0.3 is 15.6 Å². The largest absolute Gasteiger partial charge is 0.493 e. The highest BCUT2D eigenvalue weighted by atomic mass is 16.5. The average Bonchev–Trinajstić information content (AvgIpc) is 2.68. The summed E-state index contributed by atoms with van der Waals surface area (Å²) in [5.41, 5.74) is 6.48. The van der Waals surface area contributed by atoms with Crippen LogP contribution < -0.4 is 10.5 Å². The highest BCUT2D eigenvalue weighted by molar-refractivity contribution is 6.00. The lowest BCUT2D eigenvalue weighted by molar-refractivity contribution is -0.122. The number of aryl methyl sites for hydroxylation is 1. The number of amides is 1. The highest BCUT2D eigenvalue weighted by Gasteiger charge is 2.12. The first-order chi connectivity index (χ1) is 9.03. The minimum absolute atomic E-state index is 0.250. The molecule has 0 fully saturated rings. The van der Waals surface area contributed by atoms with E-state index >= 15 is 0 Å². The Bertz CT molecular complexity index is 592. The number of rotatable bonds is 3. The zero-order valence-electron chi connectivity index (χ0n) is 10.7. The summed E-state index contributed by atoms with van der Waals surface area (Å²) in [5, 5.41) is 12.0. The molecule has 7 heteroatoms. The quantitative estimate of drug-likeness (QED) is 0.797. The van der Waals surface area contributed by atoms with Crippen LogP contribution in [0.2, 0.25) is 0 Å². The van der Waals surface area contributed by atoms with E-state index in [0.717, 1.165) is 10.9 Å². The Labute approximate surface area is 109 Å². The van der Waals surface area contributed by atoms with Gasteiger partial charge in [-0.05, 0) is 13.0 Å². The van der Waals surface area contributed by atoms with E-state index in [-0.39, 0.29) is 6.47 Å². The van der Waals surface area contributed by atoms with Gasteiger partial charge in [0.25, 0.3) is 12.4 Å². The molecule has 1 aromatic heterocycles. The van der Waals surface area contributed by atoms with E-state index < -0.39 is 5.91 Å². The van der Waals surface area contributed by atoms with Crippen molar-refractivity contribution < 1.29 is 19.4 Å². The van der Waals surface area contributed by atoms with Crippen LogP contribution in [0.15, 0.2) is 18.3 Å². The van der Waals surface area contributed by atoms with Gasteiger partial charge >= 0.3 is 0 Å². The minimum Gasteiger partial charge on any atom is -0.493 e. The van der Waals surface area contributed by atoms with E-state index in [1.165, 1.54) is 0 Å². The number of nitrogens with two attached hydrogens (primary N) is 1. The highest BCUT2D eigenvalue weighted by Crippen LogP contribution is 2.24. The van der Waals surface area contributed by atoms with Gasteiger partial charge in [0.15, 0.2) is 0 Å². The first-order valence-electron chi connectivity index (χ1n) is 5.51. The molecule has 1 aromatic carbocycles. The molecule has 0 saturated carbocycles. The number of carboxylic acid groups (broad SMARTS) is 1. The fraction of sp³-hybridized carbons (Fsp3) is 0.250. The molecule has 19 heavy (non-hydrogen) atoms. The summed E-state index contributed by atoms with van der Waals surface area (Å²) < 4.78 is 7.05. The summed E-state index contributed by atoms with van der Waals surface area (Å²) in [6.07, 6.45) is 1.83. The number of ether oxygens (including phenoxy) is 1. The number of carbonyl (C=O) groups is 2. The van der Waals surface area contributed by atoms with E-state index in [1.807, 2.05) is 20.2 Å². The Hall–Kier alpha value is -2.57. The van der Waals surface area contributed by atoms with Gasteiger partial charge in [0.05, 0.1) is 17.7 Å². The van der Waals surface area contributed by atoms with E-state index in [4.69, 9.17) is 20.4 Å². The third-order valence-electron chi connectivity index (χ3n) is 2.29. The molecular weight excluding hydrogens is 250 g/mol. The van der Waals surface area contributed by atoms with Crippen LogP contribution in [0.4, 0.5) is 0 Å². The second kappa shape index (κ2) is 6.39. The number of benzene rings is 1. The van der Waals surface area contributed by atoms with Crippen molar-refractivity contribution in [3.8, 4) is 5.75 Å². The Kier molecular flexibility index (Phi) is 4.87. The summed E-state index contributed by atoms with van der Waals surface area (Å²) in [6, 6.07) is 3.44. The molecule has 0 spiro atoms. The molecule has 2 rings (SSSR count). The van der Waals surface area contributed by atoms with E-state index in [9.17, 15) is 4.79 Å². The lowest BCUT2D eigenvalue weighted by atomic mass is 10.1. The van der Waals surface area contributed by atoms with Gasteiger partial charge in [0.1, 0.15) is 5.75 Å². The number of hydrogen-bond acceptors (Lipinski definition) is 4. The van der Waals surface area contributed by atoms with Crippen molar-refractivity contribution in [2.75, 3.05) is 6.61 Å². The van der Waals surface area contributed by atoms with E-state index in [1.54, 1.807) is 16.8 Å². The average molecular weight is 265 g/mol. The number of fused-ring (bicyclic) bond motifs is 1. The van der Waals surface area contributed by atoms with Crippen LogP contribution in [0.5, 0.6) is 5.75 Å². The number of nitrogens with zero attached hydrogens (tertiary/aromatic N) is 2. The van der Waals surface area contributed by atoms with Crippen LogP contribution in [0.3, 0.4) is 0 Å². The molecule has 0 atom stereocenters. The molecule has 1 heterocycles. The van der Waals surface area contributed by atoms with Crippen molar-refractivity contribution in [2.45, 2.75) is 6.92 Å². The van der Waals surface area contributed by atoms with Gasteiger partial charge in [-0.3, -0.25) is 14.3 Å². The predicted octanol–water partition coefficient (Wildman–Crippen LogP) is 0.772. The van der Waals surface area contributed by atoms with Crippen LogP contribution in [-0.2, 0) is 11.8 Å². The summed E-state index contributed by atoms with van der Waals surface area (Å²) in [6.45, 7) is 2.09. The van der Waals surface area contributed by atoms with Crippen molar-refractivity contribution in [1.29, 1.82) is 0 Å². The third kappa shape index (κ3) is 3.44. The summed E-state index contributed by atoms with van der Waals surface area (Å²) in [7, 11) is 1.82. The molecule has 0 saturated heterocycles. The first kappa shape index (κ1) is 14.5. The number of hydrogen-bond donors (Lipinski definition) is 2. The van der Waals surface area contributed by atoms with Gasteiger partial charge in [-0.1, -0.05) is 0 Å². The zero-order chi connectivity index (χ0) is 14.4. The maximum Gasteiger partial charge on any atom is 0.290 e. The van der Waals surface area contributed by atoms with Crippen molar-refractivity contribution in [1.82, 2.24) is 9.78 Å². The second-order valence-electron chi connectivity index (χ2n) is 3.61. The Morgan fingerprint density at radius 1 is 1.58 bits per heavy atom. The molecular formula is C12H15N3O4. The van der Waals surface area contributed by atoms with E-state index in [0.29, 0.717) is 17.9 Å². The van der Waals surface area contributed by atoms with Crippen molar-refractivity contribution in [3.05, 3.63) is 23.9 Å². The maximum atomic E-state index is 11.3. The van der Waals surface area contributed by atoms with Crippen LogP contribution in [-0.4, -0.2) is 33.9 Å². The minimum atomic E-state index is -0.491. The molecule has 0 unspecified atom stereocenters. The Morgan fingerprint density at radius 2 is 2.21 bits per heavy atom. The molecule has 1 amide bonds. The number of carbonyl (C=O) groups excluding carboxylic acids is 1. The topological polar surface area (TPSA) is 107 Å². The molecule has 2 aromatic rings. The molecule has 7 nitrogen and oxygen atoms in total. The molecule has 0 aliphatic carbocycles. The molecule has 3 N–H and O–H groups in total. The summed E-state index contributed by atoms with van der Waals surface area (Å²) >= 11 is 0. The SMILES string of the molecule is CCOc1cc2nn(C)cc2cc1C(N)=O.O=CO. The predicted molar refractivity (Wildman–Crippen MR) is 69.1 cm³/mol. The first-order valence-corrected chi connectivity index (χ1v) is 5.51. The van der Waals surface area contributed by atoms with Crippen LogP contribution >= 0.6 is 0 Å². The monoisotopic (exact) mass is 265 g/mol. The van der Waals surface area contributed by atoms with Crippen molar-refractivity contribution >= 4 is 23.3 Å².